The maximum Gasteiger partial charge on any atom is 0.274 e. The van der Waals surface area contributed by atoms with Crippen LogP contribution in [0.3, 0.4) is 0 Å². The maximum atomic E-state index is 13.5. The van der Waals surface area contributed by atoms with Crippen molar-refractivity contribution in [1.29, 1.82) is 0 Å². The number of rotatable bonds is 2. The van der Waals surface area contributed by atoms with E-state index in [1.165, 1.54) is 0 Å². The van der Waals surface area contributed by atoms with E-state index in [4.69, 9.17) is 4.74 Å². The van der Waals surface area contributed by atoms with Crippen LogP contribution in [0.2, 0.25) is 0 Å². The van der Waals surface area contributed by atoms with Crippen molar-refractivity contribution < 1.29 is 14.3 Å². The van der Waals surface area contributed by atoms with Crippen molar-refractivity contribution in [3.63, 3.8) is 0 Å². The van der Waals surface area contributed by atoms with Gasteiger partial charge in [0.1, 0.15) is 5.69 Å². The van der Waals surface area contributed by atoms with E-state index in [1.54, 1.807) is 11.2 Å². The molecule has 31 heavy (non-hydrogen) atoms. The molecule has 4 heterocycles. The van der Waals surface area contributed by atoms with Crippen LogP contribution < -0.4 is 0 Å². The monoisotopic (exact) mass is 419 g/mol. The summed E-state index contributed by atoms with van der Waals surface area (Å²) in [5, 5.41) is 1.02. The van der Waals surface area contributed by atoms with Crippen molar-refractivity contribution in [2.24, 2.45) is 0 Å². The minimum atomic E-state index is -0.154. The highest BCUT2D eigenvalue weighted by Gasteiger charge is 2.52. The van der Waals surface area contributed by atoms with Crippen molar-refractivity contribution in [1.82, 2.24) is 24.3 Å². The minimum absolute atomic E-state index is 0.0309. The average Bonchev–Trinajstić information content (AvgIpc) is 3.32. The molecule has 1 aliphatic carbocycles. The quantitative estimate of drug-likeness (QED) is 0.692. The van der Waals surface area contributed by atoms with Gasteiger partial charge in [-0.3, -0.25) is 9.59 Å². The summed E-state index contributed by atoms with van der Waals surface area (Å²) in [4.78, 5) is 38.2. The molecule has 160 valence electrons. The van der Waals surface area contributed by atoms with Crippen LogP contribution in [-0.2, 0) is 17.8 Å². The molecule has 3 aliphatic rings. The number of hydrogen-bond acceptors (Lipinski definition) is 4. The smallest absolute Gasteiger partial charge is 0.274 e. The zero-order valence-electron chi connectivity index (χ0n) is 17.3. The number of fused-ring (bicyclic) bond motifs is 2. The van der Waals surface area contributed by atoms with Crippen molar-refractivity contribution >= 4 is 22.7 Å². The van der Waals surface area contributed by atoms with Crippen LogP contribution in [0.25, 0.3) is 10.9 Å². The summed E-state index contributed by atoms with van der Waals surface area (Å²) >= 11 is 0. The lowest BCUT2D eigenvalue weighted by Crippen LogP contribution is -2.45. The van der Waals surface area contributed by atoms with E-state index in [0.717, 1.165) is 35.9 Å². The van der Waals surface area contributed by atoms with Gasteiger partial charge in [0.25, 0.3) is 11.8 Å². The summed E-state index contributed by atoms with van der Waals surface area (Å²) in [5.41, 5.74) is 2.66. The van der Waals surface area contributed by atoms with E-state index < -0.39 is 0 Å². The summed E-state index contributed by atoms with van der Waals surface area (Å²) in [6, 6.07) is 9.76. The Hall–Kier alpha value is -3.13. The van der Waals surface area contributed by atoms with Crippen LogP contribution in [0.5, 0.6) is 0 Å². The lowest BCUT2D eigenvalue weighted by Gasteiger charge is -2.31. The van der Waals surface area contributed by atoms with Gasteiger partial charge < -0.3 is 24.1 Å². The number of H-pyrrole nitrogens is 1. The minimum Gasteiger partial charge on any atom is -0.379 e. The Bertz CT molecular complexity index is 1140. The lowest BCUT2D eigenvalue weighted by molar-refractivity contribution is 0.0539. The van der Waals surface area contributed by atoms with Gasteiger partial charge in [-0.25, -0.2) is 4.98 Å². The fraction of sp³-hybridized carbons (Fsp3) is 0.435. The third-order valence-electron chi connectivity index (χ3n) is 6.83. The maximum absolute atomic E-state index is 13.5. The number of benzene rings is 1. The second kappa shape index (κ2) is 6.95. The van der Waals surface area contributed by atoms with Crippen LogP contribution in [0.15, 0.2) is 36.7 Å². The van der Waals surface area contributed by atoms with E-state index in [-0.39, 0.29) is 17.4 Å². The number of nitrogens with zero attached hydrogens (tertiary/aromatic N) is 4. The van der Waals surface area contributed by atoms with Gasteiger partial charge in [0, 0.05) is 37.1 Å². The van der Waals surface area contributed by atoms with Gasteiger partial charge in [0.15, 0.2) is 5.69 Å². The number of aromatic nitrogens is 3. The molecule has 3 aromatic rings. The molecule has 1 saturated carbocycles. The first-order valence-corrected chi connectivity index (χ1v) is 11.0. The number of carbonyl (C=O) groups is 2. The van der Waals surface area contributed by atoms with Crippen LogP contribution in [0.1, 0.15) is 45.9 Å². The Morgan fingerprint density at radius 2 is 1.97 bits per heavy atom. The molecular weight excluding hydrogens is 394 g/mol. The van der Waals surface area contributed by atoms with E-state index in [1.807, 2.05) is 39.8 Å². The Morgan fingerprint density at radius 1 is 1.10 bits per heavy atom. The normalized spacial score (nSPS) is 20.0. The molecule has 0 bridgehead atoms. The van der Waals surface area contributed by atoms with E-state index in [2.05, 4.69) is 9.97 Å². The first-order chi connectivity index (χ1) is 15.1. The van der Waals surface area contributed by atoms with Gasteiger partial charge >= 0.3 is 0 Å². The van der Waals surface area contributed by atoms with Gasteiger partial charge in [-0.15, -0.1) is 0 Å². The fourth-order valence-corrected chi connectivity index (χ4v) is 4.87. The predicted octanol–water partition coefficient (Wildman–Crippen LogP) is 2.42. The number of imidazole rings is 1. The fourth-order valence-electron chi connectivity index (χ4n) is 4.87. The zero-order valence-corrected chi connectivity index (χ0v) is 17.3. The molecule has 8 nitrogen and oxygen atoms in total. The van der Waals surface area contributed by atoms with Gasteiger partial charge in [-0.05, 0) is 31.4 Å². The number of hydrogen-bond donors (Lipinski definition) is 1. The molecule has 0 radical (unpaired) electrons. The zero-order chi connectivity index (χ0) is 21.0. The van der Waals surface area contributed by atoms with Crippen molar-refractivity contribution in [3.8, 4) is 0 Å². The van der Waals surface area contributed by atoms with E-state index >= 15 is 0 Å². The van der Waals surface area contributed by atoms with Gasteiger partial charge in [-0.1, -0.05) is 18.2 Å². The van der Waals surface area contributed by atoms with Crippen LogP contribution in [0.4, 0.5) is 0 Å². The summed E-state index contributed by atoms with van der Waals surface area (Å²) in [5.74, 6) is -0.0828. The summed E-state index contributed by atoms with van der Waals surface area (Å²) in [6.07, 6.45) is 4.55. The van der Waals surface area contributed by atoms with Crippen LogP contribution in [0, 0.1) is 0 Å². The van der Waals surface area contributed by atoms with Crippen LogP contribution in [-0.4, -0.2) is 68.0 Å². The highest BCUT2D eigenvalue weighted by molar-refractivity contribution is 5.98. The first kappa shape index (κ1) is 18.6. The Morgan fingerprint density at radius 3 is 2.81 bits per heavy atom. The molecule has 1 spiro atoms. The molecule has 2 fully saturated rings. The van der Waals surface area contributed by atoms with Crippen molar-refractivity contribution in [2.45, 2.75) is 37.9 Å². The third kappa shape index (κ3) is 3.05. The first-order valence-electron chi connectivity index (χ1n) is 11.0. The third-order valence-corrected chi connectivity index (χ3v) is 6.83. The molecule has 1 saturated heterocycles. The Labute approximate surface area is 179 Å². The summed E-state index contributed by atoms with van der Waals surface area (Å²) in [7, 11) is 0. The van der Waals surface area contributed by atoms with E-state index in [0.29, 0.717) is 50.8 Å². The number of amides is 2. The number of nitrogens with one attached hydrogen (secondary N) is 1. The second-order valence-electron chi connectivity index (χ2n) is 8.82. The van der Waals surface area contributed by atoms with Crippen LogP contribution >= 0.6 is 0 Å². The molecular formula is C23H25N5O3. The lowest BCUT2D eigenvalue weighted by atomic mass is 10.1. The largest absolute Gasteiger partial charge is 0.379 e. The molecule has 2 aliphatic heterocycles. The average molecular weight is 419 g/mol. The Kier molecular flexibility index (Phi) is 4.17. The molecule has 1 N–H and O–H groups in total. The van der Waals surface area contributed by atoms with Crippen molar-refractivity contribution in [3.05, 3.63) is 53.7 Å². The molecule has 2 aromatic heterocycles. The topological polar surface area (TPSA) is 83.5 Å². The molecule has 2 amide bonds. The number of ether oxygens (including phenoxy) is 1. The summed E-state index contributed by atoms with van der Waals surface area (Å²) in [6.45, 7) is 3.61. The van der Waals surface area contributed by atoms with Crippen molar-refractivity contribution in [2.75, 3.05) is 26.3 Å². The van der Waals surface area contributed by atoms with E-state index in [9.17, 15) is 9.59 Å². The Balaban J connectivity index is 1.27. The number of para-hydroxylation sites is 1. The number of carbonyl (C=O) groups excluding carboxylic acids is 2. The van der Waals surface area contributed by atoms with Gasteiger partial charge in [-0.2, -0.15) is 0 Å². The standard InChI is InChI=1S/C23H25N5O3/c29-21(18-12-16-4-1-2-5-17(16)25-18)26-9-10-27-15-24-20(19(27)13-26)22(30)28-8-3-11-31-14-23(28)6-7-23/h1-2,4-5,12,15,25H,3,6-11,13-14H2. The predicted molar refractivity (Wildman–Crippen MR) is 114 cm³/mol. The van der Waals surface area contributed by atoms with Gasteiger partial charge in [0.2, 0.25) is 0 Å². The number of aromatic amines is 1. The molecule has 0 unspecified atom stereocenters. The molecule has 8 heteroatoms. The summed E-state index contributed by atoms with van der Waals surface area (Å²) < 4.78 is 7.74. The molecule has 0 atom stereocenters. The highest BCUT2D eigenvalue weighted by Crippen LogP contribution is 2.44. The highest BCUT2D eigenvalue weighted by atomic mass is 16.5. The SMILES string of the molecule is O=C(c1cc2ccccc2[nH]1)N1CCn2cnc(C(=O)N3CCCOCC34CC4)c2C1. The second-order valence-corrected chi connectivity index (χ2v) is 8.82. The molecule has 6 rings (SSSR count). The molecule has 1 aromatic carbocycles. The van der Waals surface area contributed by atoms with Gasteiger partial charge in [0.05, 0.1) is 30.7 Å².